The van der Waals surface area contributed by atoms with E-state index in [-0.39, 0.29) is 0 Å². The molecule has 118 valence electrons. The maximum absolute atomic E-state index is 5.76. The minimum Gasteiger partial charge on any atom is -0.490 e. The predicted octanol–water partition coefficient (Wildman–Crippen LogP) is 4.32. The summed E-state index contributed by atoms with van der Waals surface area (Å²) in [5.41, 5.74) is 1.33. The second-order valence-corrected chi connectivity index (χ2v) is 5.69. The summed E-state index contributed by atoms with van der Waals surface area (Å²) in [5, 5.41) is 3.71. The molecule has 1 saturated carbocycles. The van der Waals surface area contributed by atoms with Gasteiger partial charge in [-0.2, -0.15) is 0 Å². The minimum absolute atomic E-state index is 0.452. The number of hydrogen-bond acceptors (Lipinski definition) is 3. The lowest BCUT2D eigenvalue weighted by Crippen LogP contribution is -2.32. The smallest absolute Gasteiger partial charge is 0.161 e. The molecule has 0 aliphatic heterocycles. The third-order valence-electron chi connectivity index (χ3n) is 4.16. The fourth-order valence-corrected chi connectivity index (χ4v) is 2.89. The highest BCUT2D eigenvalue weighted by atomic mass is 16.5. The van der Waals surface area contributed by atoms with Crippen molar-refractivity contribution in [1.82, 2.24) is 5.32 Å². The molecule has 1 N–H and O–H groups in total. The van der Waals surface area contributed by atoms with E-state index in [0.717, 1.165) is 24.0 Å². The predicted molar refractivity (Wildman–Crippen MR) is 87.2 cm³/mol. The summed E-state index contributed by atoms with van der Waals surface area (Å²) in [6.45, 7) is 8.64. The summed E-state index contributed by atoms with van der Waals surface area (Å²) in [6, 6.07) is 6.87. The maximum atomic E-state index is 5.76. The first-order valence-electron chi connectivity index (χ1n) is 8.43. The molecule has 0 aromatic heterocycles. The van der Waals surface area contributed by atoms with Crippen LogP contribution in [0.1, 0.15) is 58.1 Å². The normalized spacial score (nSPS) is 16.3. The van der Waals surface area contributed by atoms with Crippen molar-refractivity contribution < 1.29 is 9.47 Å². The van der Waals surface area contributed by atoms with Crippen LogP contribution >= 0.6 is 0 Å². The standard InChI is InChI=1S/C18H29NO2/c1-4-12-19-18(14-8-7-9-14)15-10-11-16(20-5-2)17(13-15)21-6-3/h10-11,13-14,18-19H,4-9,12H2,1-3H3. The van der Waals surface area contributed by atoms with Gasteiger partial charge < -0.3 is 14.8 Å². The van der Waals surface area contributed by atoms with Gasteiger partial charge in [-0.1, -0.05) is 19.4 Å². The van der Waals surface area contributed by atoms with Crippen LogP contribution in [-0.4, -0.2) is 19.8 Å². The van der Waals surface area contributed by atoms with E-state index < -0.39 is 0 Å². The Hall–Kier alpha value is -1.22. The van der Waals surface area contributed by atoms with E-state index in [1.165, 1.54) is 31.2 Å². The monoisotopic (exact) mass is 291 g/mol. The topological polar surface area (TPSA) is 30.5 Å². The molecule has 1 fully saturated rings. The van der Waals surface area contributed by atoms with E-state index in [0.29, 0.717) is 19.3 Å². The van der Waals surface area contributed by atoms with Crippen LogP contribution in [0, 0.1) is 5.92 Å². The zero-order valence-corrected chi connectivity index (χ0v) is 13.7. The number of hydrogen-bond donors (Lipinski definition) is 1. The first-order valence-corrected chi connectivity index (χ1v) is 8.43. The van der Waals surface area contributed by atoms with Crippen LogP contribution in [0.15, 0.2) is 18.2 Å². The highest BCUT2D eigenvalue weighted by molar-refractivity contribution is 5.44. The Morgan fingerprint density at radius 1 is 1.10 bits per heavy atom. The van der Waals surface area contributed by atoms with Crippen LogP contribution in [-0.2, 0) is 0 Å². The van der Waals surface area contributed by atoms with Gasteiger partial charge >= 0.3 is 0 Å². The van der Waals surface area contributed by atoms with E-state index in [1.807, 2.05) is 13.8 Å². The molecule has 0 saturated heterocycles. The molecule has 3 nitrogen and oxygen atoms in total. The van der Waals surface area contributed by atoms with Crippen molar-refractivity contribution in [2.45, 2.75) is 52.5 Å². The van der Waals surface area contributed by atoms with E-state index in [2.05, 4.69) is 30.4 Å². The summed E-state index contributed by atoms with van der Waals surface area (Å²) in [4.78, 5) is 0. The second kappa shape index (κ2) is 8.28. The third kappa shape index (κ3) is 4.13. The van der Waals surface area contributed by atoms with Gasteiger partial charge in [-0.05, 0) is 63.3 Å². The molecule has 3 heteroatoms. The largest absolute Gasteiger partial charge is 0.490 e. The van der Waals surface area contributed by atoms with Gasteiger partial charge in [0.1, 0.15) is 0 Å². The van der Waals surface area contributed by atoms with Gasteiger partial charge in [0.25, 0.3) is 0 Å². The molecule has 2 rings (SSSR count). The molecular formula is C18H29NO2. The SMILES string of the molecule is CCCNC(c1ccc(OCC)c(OCC)c1)C1CCC1. The molecule has 0 spiro atoms. The van der Waals surface area contributed by atoms with Crippen molar-refractivity contribution in [3.05, 3.63) is 23.8 Å². The quantitative estimate of drug-likeness (QED) is 0.735. The maximum Gasteiger partial charge on any atom is 0.161 e. The van der Waals surface area contributed by atoms with Crippen LogP contribution < -0.4 is 14.8 Å². The Morgan fingerprint density at radius 3 is 2.38 bits per heavy atom. The van der Waals surface area contributed by atoms with Crippen LogP contribution in [0.25, 0.3) is 0 Å². The van der Waals surface area contributed by atoms with Crippen LogP contribution in [0.2, 0.25) is 0 Å². The lowest BCUT2D eigenvalue weighted by Gasteiger charge is -2.35. The van der Waals surface area contributed by atoms with E-state index in [1.54, 1.807) is 0 Å². The number of benzene rings is 1. The molecule has 21 heavy (non-hydrogen) atoms. The Balaban J connectivity index is 2.20. The summed E-state index contributed by atoms with van der Waals surface area (Å²) < 4.78 is 11.4. The van der Waals surface area contributed by atoms with Crippen molar-refractivity contribution in [3.8, 4) is 11.5 Å². The fourth-order valence-electron chi connectivity index (χ4n) is 2.89. The fraction of sp³-hybridized carbons (Fsp3) is 0.667. The number of ether oxygens (including phenoxy) is 2. The number of nitrogens with one attached hydrogen (secondary N) is 1. The van der Waals surface area contributed by atoms with Gasteiger partial charge in [-0.3, -0.25) is 0 Å². The van der Waals surface area contributed by atoms with Crippen LogP contribution in [0.5, 0.6) is 11.5 Å². The second-order valence-electron chi connectivity index (χ2n) is 5.69. The van der Waals surface area contributed by atoms with Crippen molar-refractivity contribution in [2.75, 3.05) is 19.8 Å². The van der Waals surface area contributed by atoms with Crippen molar-refractivity contribution in [3.63, 3.8) is 0 Å². The van der Waals surface area contributed by atoms with E-state index >= 15 is 0 Å². The van der Waals surface area contributed by atoms with E-state index in [4.69, 9.17) is 9.47 Å². The molecule has 1 aliphatic rings. The molecule has 1 unspecified atom stereocenters. The average molecular weight is 291 g/mol. The van der Waals surface area contributed by atoms with Gasteiger partial charge in [-0.25, -0.2) is 0 Å². The molecular weight excluding hydrogens is 262 g/mol. The Kier molecular flexibility index (Phi) is 6.37. The van der Waals surface area contributed by atoms with Crippen molar-refractivity contribution in [2.24, 2.45) is 5.92 Å². The zero-order chi connectivity index (χ0) is 15.1. The van der Waals surface area contributed by atoms with Gasteiger partial charge in [0, 0.05) is 6.04 Å². The van der Waals surface area contributed by atoms with Crippen molar-refractivity contribution in [1.29, 1.82) is 0 Å². The molecule has 1 aromatic rings. The van der Waals surface area contributed by atoms with E-state index in [9.17, 15) is 0 Å². The minimum atomic E-state index is 0.452. The van der Waals surface area contributed by atoms with Crippen LogP contribution in [0.4, 0.5) is 0 Å². The summed E-state index contributed by atoms with van der Waals surface area (Å²) in [7, 11) is 0. The van der Waals surface area contributed by atoms with Gasteiger partial charge in [-0.15, -0.1) is 0 Å². The van der Waals surface area contributed by atoms with Crippen LogP contribution in [0.3, 0.4) is 0 Å². The zero-order valence-electron chi connectivity index (χ0n) is 13.7. The molecule has 0 bridgehead atoms. The summed E-state index contributed by atoms with van der Waals surface area (Å²) in [6.07, 6.45) is 5.19. The molecule has 0 heterocycles. The third-order valence-corrected chi connectivity index (χ3v) is 4.16. The van der Waals surface area contributed by atoms with Crippen molar-refractivity contribution >= 4 is 0 Å². The highest BCUT2D eigenvalue weighted by Gasteiger charge is 2.28. The van der Waals surface area contributed by atoms with Gasteiger partial charge in [0.2, 0.25) is 0 Å². The lowest BCUT2D eigenvalue weighted by molar-refractivity contribution is 0.230. The Bertz CT molecular complexity index is 429. The highest BCUT2D eigenvalue weighted by Crippen LogP contribution is 2.40. The average Bonchev–Trinajstić information content (AvgIpc) is 2.44. The Labute approximate surface area is 129 Å². The number of rotatable bonds is 9. The Morgan fingerprint density at radius 2 is 1.81 bits per heavy atom. The molecule has 1 aromatic carbocycles. The molecule has 1 atom stereocenters. The summed E-state index contributed by atoms with van der Waals surface area (Å²) >= 11 is 0. The first kappa shape index (κ1) is 16.2. The molecule has 0 amide bonds. The lowest BCUT2D eigenvalue weighted by atomic mass is 9.77. The molecule has 1 aliphatic carbocycles. The summed E-state index contributed by atoms with van der Waals surface area (Å²) in [5.74, 6) is 2.49. The van der Waals surface area contributed by atoms with Gasteiger partial charge in [0.05, 0.1) is 13.2 Å². The molecule has 0 radical (unpaired) electrons. The van der Waals surface area contributed by atoms with Gasteiger partial charge in [0.15, 0.2) is 11.5 Å². The first-order chi connectivity index (χ1) is 10.3.